The molecule has 2 N–H and O–H groups in total. The summed E-state index contributed by atoms with van der Waals surface area (Å²) in [5.74, 6) is -0.184. The number of carbonyl (C=O) groups excluding carboxylic acids is 1. The van der Waals surface area contributed by atoms with Crippen molar-refractivity contribution in [3.8, 4) is 5.69 Å². The number of pyridine rings is 1. The van der Waals surface area contributed by atoms with Gasteiger partial charge in [0.15, 0.2) is 0 Å². The van der Waals surface area contributed by atoms with E-state index >= 15 is 0 Å². The second-order valence-corrected chi connectivity index (χ2v) is 7.45. The molecule has 2 aromatic heterocycles. The molecule has 0 fully saturated rings. The lowest BCUT2D eigenvalue weighted by Crippen LogP contribution is -2.18. The van der Waals surface area contributed by atoms with Crippen LogP contribution in [0.1, 0.15) is 34.5 Å². The smallest absolute Gasteiger partial charge is 0.257 e. The maximum atomic E-state index is 12.2. The van der Waals surface area contributed by atoms with E-state index in [0.29, 0.717) is 17.1 Å². The van der Waals surface area contributed by atoms with E-state index in [-0.39, 0.29) is 11.9 Å². The number of amides is 1. The van der Waals surface area contributed by atoms with Crippen molar-refractivity contribution in [2.75, 3.05) is 5.32 Å². The van der Waals surface area contributed by atoms with Crippen molar-refractivity contribution in [2.45, 2.75) is 19.5 Å². The quantitative estimate of drug-likeness (QED) is 0.451. The van der Waals surface area contributed by atoms with Crippen LogP contribution in [0.3, 0.4) is 0 Å². The molecule has 0 aliphatic rings. The molecule has 0 aliphatic heterocycles. The summed E-state index contributed by atoms with van der Waals surface area (Å²) in [5.41, 5.74) is 4.22. The molecule has 4 rings (SSSR count). The predicted molar refractivity (Wildman–Crippen MR) is 120 cm³/mol. The van der Waals surface area contributed by atoms with Gasteiger partial charge in [0.05, 0.1) is 11.3 Å². The van der Waals surface area contributed by atoms with Gasteiger partial charge < -0.3 is 10.6 Å². The molecule has 0 saturated heterocycles. The fourth-order valence-electron chi connectivity index (χ4n) is 3.14. The average molecular weight is 433 g/mol. The van der Waals surface area contributed by atoms with Crippen molar-refractivity contribution in [1.82, 2.24) is 25.1 Å². The summed E-state index contributed by atoms with van der Waals surface area (Å²) in [4.78, 5) is 20.1. The molecular weight excluding hydrogens is 412 g/mol. The van der Waals surface area contributed by atoms with Crippen LogP contribution in [0.4, 0.5) is 5.69 Å². The Balaban J connectivity index is 1.34. The van der Waals surface area contributed by atoms with Crippen LogP contribution in [0.2, 0.25) is 5.02 Å². The molecule has 8 heteroatoms. The largest absolute Gasteiger partial charge is 0.322 e. The zero-order chi connectivity index (χ0) is 21.6. The summed E-state index contributed by atoms with van der Waals surface area (Å²) >= 11 is 6.50. The minimum absolute atomic E-state index is 0.0576. The molecule has 4 aromatic rings. The van der Waals surface area contributed by atoms with Gasteiger partial charge >= 0.3 is 0 Å². The Hall–Kier alpha value is -3.55. The maximum absolute atomic E-state index is 12.2. The SMILES string of the molecule is CC(NCc1ccc(NC(=O)c2cccnc2)cc1)c1ccc(-n2cncn2)cc1Cl. The molecule has 31 heavy (non-hydrogen) atoms. The Labute approximate surface area is 185 Å². The van der Waals surface area contributed by atoms with E-state index in [4.69, 9.17) is 11.6 Å². The molecule has 0 radical (unpaired) electrons. The topological polar surface area (TPSA) is 84.7 Å². The van der Waals surface area contributed by atoms with Gasteiger partial charge in [0.25, 0.3) is 5.91 Å². The van der Waals surface area contributed by atoms with Gasteiger partial charge in [-0.3, -0.25) is 9.78 Å². The normalized spacial score (nSPS) is 11.8. The monoisotopic (exact) mass is 432 g/mol. The van der Waals surface area contributed by atoms with Crippen LogP contribution in [-0.2, 0) is 6.54 Å². The van der Waals surface area contributed by atoms with E-state index in [1.807, 2.05) is 42.5 Å². The summed E-state index contributed by atoms with van der Waals surface area (Å²) in [6, 6.07) is 17.1. The molecule has 0 spiro atoms. The van der Waals surface area contributed by atoms with E-state index in [1.54, 1.807) is 35.5 Å². The fourth-order valence-corrected chi connectivity index (χ4v) is 3.48. The van der Waals surface area contributed by atoms with Crippen molar-refractivity contribution in [3.05, 3.63) is 101 Å². The van der Waals surface area contributed by atoms with Crippen molar-refractivity contribution in [1.29, 1.82) is 0 Å². The summed E-state index contributed by atoms with van der Waals surface area (Å²) < 4.78 is 1.67. The molecule has 2 aromatic carbocycles. The first-order chi connectivity index (χ1) is 15.1. The average Bonchev–Trinajstić information content (AvgIpc) is 3.34. The fraction of sp³-hybridized carbons (Fsp3) is 0.130. The van der Waals surface area contributed by atoms with Crippen molar-refractivity contribution >= 4 is 23.2 Å². The Bertz CT molecular complexity index is 1150. The van der Waals surface area contributed by atoms with Crippen LogP contribution in [0.5, 0.6) is 0 Å². The molecule has 156 valence electrons. The summed E-state index contributed by atoms with van der Waals surface area (Å²) in [6.07, 6.45) is 6.30. The second kappa shape index (κ2) is 9.51. The molecule has 2 heterocycles. The van der Waals surface area contributed by atoms with Crippen molar-refractivity contribution in [3.63, 3.8) is 0 Å². The zero-order valence-corrected chi connectivity index (χ0v) is 17.6. The Morgan fingerprint density at radius 1 is 1.13 bits per heavy atom. The Morgan fingerprint density at radius 3 is 2.65 bits per heavy atom. The van der Waals surface area contributed by atoms with E-state index < -0.39 is 0 Å². The first-order valence-electron chi connectivity index (χ1n) is 9.78. The minimum atomic E-state index is -0.184. The highest BCUT2D eigenvalue weighted by molar-refractivity contribution is 6.31. The molecular formula is C23H21ClN6O. The highest BCUT2D eigenvalue weighted by Crippen LogP contribution is 2.25. The first kappa shape index (κ1) is 20.7. The van der Waals surface area contributed by atoms with Crippen LogP contribution in [-0.4, -0.2) is 25.7 Å². The number of hydrogen-bond donors (Lipinski definition) is 2. The van der Waals surface area contributed by atoms with Gasteiger partial charge in [-0.05, 0) is 54.4 Å². The van der Waals surface area contributed by atoms with E-state index in [1.165, 1.54) is 6.33 Å². The number of benzene rings is 2. The Morgan fingerprint density at radius 2 is 1.97 bits per heavy atom. The van der Waals surface area contributed by atoms with Crippen LogP contribution < -0.4 is 10.6 Å². The molecule has 0 aliphatic carbocycles. The predicted octanol–water partition coefficient (Wildman–Crippen LogP) is 4.42. The molecule has 1 amide bonds. The van der Waals surface area contributed by atoms with Crippen molar-refractivity contribution < 1.29 is 4.79 Å². The summed E-state index contributed by atoms with van der Waals surface area (Å²) in [7, 11) is 0. The number of anilines is 1. The Kier molecular flexibility index (Phi) is 6.35. The van der Waals surface area contributed by atoms with Gasteiger partial charge in [0, 0.05) is 35.7 Å². The number of rotatable bonds is 7. The van der Waals surface area contributed by atoms with Crippen molar-refractivity contribution in [2.24, 2.45) is 0 Å². The number of nitrogens with one attached hydrogen (secondary N) is 2. The van der Waals surface area contributed by atoms with Gasteiger partial charge in [-0.1, -0.05) is 29.8 Å². The molecule has 0 saturated carbocycles. The lowest BCUT2D eigenvalue weighted by atomic mass is 10.1. The van der Waals surface area contributed by atoms with E-state index in [2.05, 4.69) is 32.6 Å². The number of hydrogen-bond acceptors (Lipinski definition) is 5. The number of carbonyl (C=O) groups is 1. The summed E-state index contributed by atoms with van der Waals surface area (Å²) in [6.45, 7) is 2.73. The van der Waals surface area contributed by atoms with Crippen LogP contribution >= 0.6 is 11.6 Å². The minimum Gasteiger partial charge on any atom is -0.322 e. The van der Waals surface area contributed by atoms with Gasteiger partial charge in [0.2, 0.25) is 0 Å². The first-order valence-corrected chi connectivity index (χ1v) is 10.2. The molecule has 7 nitrogen and oxygen atoms in total. The van der Waals surface area contributed by atoms with Gasteiger partial charge in [-0.25, -0.2) is 9.67 Å². The maximum Gasteiger partial charge on any atom is 0.257 e. The third-order valence-corrected chi connectivity index (χ3v) is 5.21. The number of halogens is 1. The van der Waals surface area contributed by atoms with Crippen LogP contribution in [0.25, 0.3) is 5.69 Å². The van der Waals surface area contributed by atoms with Gasteiger partial charge in [0.1, 0.15) is 12.7 Å². The molecule has 1 unspecified atom stereocenters. The van der Waals surface area contributed by atoms with Crippen LogP contribution in [0, 0.1) is 0 Å². The molecule has 0 bridgehead atoms. The third kappa shape index (κ3) is 5.14. The van der Waals surface area contributed by atoms with Gasteiger partial charge in [-0.2, -0.15) is 5.10 Å². The third-order valence-electron chi connectivity index (χ3n) is 4.88. The van der Waals surface area contributed by atoms with E-state index in [9.17, 15) is 4.79 Å². The highest BCUT2D eigenvalue weighted by Gasteiger charge is 2.11. The van der Waals surface area contributed by atoms with Gasteiger partial charge in [-0.15, -0.1) is 0 Å². The second-order valence-electron chi connectivity index (χ2n) is 7.04. The van der Waals surface area contributed by atoms with E-state index in [0.717, 1.165) is 22.5 Å². The lowest BCUT2D eigenvalue weighted by Gasteiger charge is -2.17. The summed E-state index contributed by atoms with van der Waals surface area (Å²) in [5, 5.41) is 11.1. The standard InChI is InChI=1S/C23H21ClN6O/c1-16(21-9-8-20(11-22(21)24)30-15-26-14-28-30)27-12-17-4-6-19(7-5-17)29-23(31)18-3-2-10-25-13-18/h2-11,13-16,27H,12H2,1H3,(H,29,31). The zero-order valence-electron chi connectivity index (χ0n) is 16.9. The van der Waals surface area contributed by atoms with Crippen LogP contribution in [0.15, 0.2) is 79.6 Å². The number of aromatic nitrogens is 4. The molecule has 1 atom stereocenters. The highest BCUT2D eigenvalue weighted by atomic mass is 35.5. The number of nitrogens with zero attached hydrogens (tertiary/aromatic N) is 4. The lowest BCUT2D eigenvalue weighted by molar-refractivity contribution is 0.102.